The molecule has 2 aliphatic rings. The normalized spacial score (nSPS) is 20.7. The average Bonchev–Trinajstić information content (AvgIpc) is 3.21. The molecule has 0 amide bonds. The standard InChI is InChI=1S/C21H34ClN5O2/c1-23-21(24-8-3-4-9-26-11-13-29-14-12-26)25-18-7-10-27(16-18)19-15-17(22)5-6-20(19)28-2/h5-6,15,18H,3-4,7-14,16H2,1-2H3,(H2,23,24,25). The number of anilines is 1. The summed E-state index contributed by atoms with van der Waals surface area (Å²) in [6, 6.07) is 6.11. The molecule has 7 nitrogen and oxygen atoms in total. The molecule has 2 saturated heterocycles. The first-order valence-corrected chi connectivity index (χ1v) is 10.9. The summed E-state index contributed by atoms with van der Waals surface area (Å²) in [7, 11) is 3.53. The third-order valence-corrected chi connectivity index (χ3v) is 5.77. The maximum atomic E-state index is 6.19. The third-order valence-electron chi connectivity index (χ3n) is 5.53. The topological polar surface area (TPSA) is 61.4 Å². The number of aliphatic imine (C=N–C) groups is 1. The number of hydrogen-bond acceptors (Lipinski definition) is 5. The predicted molar refractivity (Wildman–Crippen MR) is 120 cm³/mol. The number of guanidine groups is 1. The molecular formula is C21H34ClN5O2. The fourth-order valence-electron chi connectivity index (χ4n) is 3.89. The van der Waals surface area contributed by atoms with Gasteiger partial charge in [-0.2, -0.15) is 0 Å². The molecule has 0 spiro atoms. The summed E-state index contributed by atoms with van der Waals surface area (Å²) in [4.78, 5) is 9.19. The zero-order chi connectivity index (χ0) is 20.5. The number of methoxy groups -OCH3 is 1. The van der Waals surface area contributed by atoms with E-state index < -0.39 is 0 Å². The maximum Gasteiger partial charge on any atom is 0.191 e. The van der Waals surface area contributed by atoms with Gasteiger partial charge >= 0.3 is 0 Å². The van der Waals surface area contributed by atoms with Crippen molar-refractivity contribution < 1.29 is 9.47 Å². The summed E-state index contributed by atoms with van der Waals surface area (Å²) in [5, 5.41) is 7.73. The van der Waals surface area contributed by atoms with E-state index in [1.807, 2.05) is 25.2 Å². The van der Waals surface area contributed by atoms with Gasteiger partial charge in [0.25, 0.3) is 0 Å². The van der Waals surface area contributed by atoms with E-state index in [9.17, 15) is 0 Å². The van der Waals surface area contributed by atoms with Crippen molar-refractivity contribution in [3.05, 3.63) is 23.2 Å². The summed E-state index contributed by atoms with van der Waals surface area (Å²) in [6.45, 7) is 7.80. The molecule has 0 aliphatic carbocycles. The lowest BCUT2D eigenvalue weighted by Crippen LogP contribution is -2.45. The van der Waals surface area contributed by atoms with Crippen LogP contribution in [0.2, 0.25) is 5.02 Å². The van der Waals surface area contributed by atoms with Crippen LogP contribution in [0.15, 0.2) is 23.2 Å². The molecule has 2 N–H and O–H groups in total. The van der Waals surface area contributed by atoms with Crippen LogP contribution in [-0.4, -0.2) is 83.5 Å². The van der Waals surface area contributed by atoms with Crippen molar-refractivity contribution in [1.29, 1.82) is 0 Å². The highest BCUT2D eigenvalue weighted by molar-refractivity contribution is 6.30. The van der Waals surface area contributed by atoms with Crippen LogP contribution in [0.4, 0.5) is 5.69 Å². The van der Waals surface area contributed by atoms with Crippen LogP contribution in [0.25, 0.3) is 0 Å². The molecule has 3 rings (SSSR count). The van der Waals surface area contributed by atoms with Crippen molar-refractivity contribution in [3.8, 4) is 5.75 Å². The minimum atomic E-state index is 0.346. The lowest BCUT2D eigenvalue weighted by molar-refractivity contribution is 0.0372. The fourth-order valence-corrected chi connectivity index (χ4v) is 4.05. The van der Waals surface area contributed by atoms with E-state index in [1.54, 1.807) is 7.11 Å². The Hall–Kier alpha value is -1.70. The van der Waals surface area contributed by atoms with E-state index in [2.05, 4.69) is 25.4 Å². The zero-order valence-electron chi connectivity index (χ0n) is 17.6. The molecule has 2 aliphatic heterocycles. The van der Waals surface area contributed by atoms with Gasteiger partial charge in [-0.1, -0.05) is 11.6 Å². The van der Waals surface area contributed by atoms with E-state index >= 15 is 0 Å². The van der Waals surface area contributed by atoms with Gasteiger partial charge in [-0.05, 0) is 44.0 Å². The number of halogens is 1. The number of rotatable bonds is 8. The highest BCUT2D eigenvalue weighted by Crippen LogP contribution is 2.33. The van der Waals surface area contributed by atoms with E-state index in [4.69, 9.17) is 21.1 Å². The van der Waals surface area contributed by atoms with Crippen LogP contribution in [-0.2, 0) is 4.74 Å². The first kappa shape index (κ1) is 22.0. The Morgan fingerprint density at radius 2 is 2.10 bits per heavy atom. The number of unbranched alkanes of at least 4 members (excludes halogenated alkanes) is 1. The molecule has 0 aromatic heterocycles. The zero-order valence-corrected chi connectivity index (χ0v) is 18.4. The van der Waals surface area contributed by atoms with Crippen molar-refractivity contribution in [2.24, 2.45) is 4.99 Å². The second-order valence-electron chi connectivity index (χ2n) is 7.55. The van der Waals surface area contributed by atoms with E-state index in [1.165, 1.54) is 6.42 Å². The Balaban J connectivity index is 1.38. The van der Waals surface area contributed by atoms with Crippen LogP contribution in [0, 0.1) is 0 Å². The average molecular weight is 424 g/mol. The number of morpholine rings is 1. The Kier molecular flexibility index (Phi) is 8.70. The molecule has 0 radical (unpaired) electrons. The summed E-state index contributed by atoms with van der Waals surface area (Å²) >= 11 is 6.19. The first-order chi connectivity index (χ1) is 14.2. The first-order valence-electron chi connectivity index (χ1n) is 10.6. The van der Waals surface area contributed by atoms with Gasteiger partial charge in [0.1, 0.15) is 5.75 Å². The molecule has 162 valence electrons. The molecule has 2 heterocycles. The largest absolute Gasteiger partial charge is 0.495 e. The van der Waals surface area contributed by atoms with Gasteiger partial charge in [-0.3, -0.25) is 9.89 Å². The predicted octanol–water partition coefficient (Wildman–Crippen LogP) is 2.20. The second kappa shape index (κ2) is 11.5. The molecule has 8 heteroatoms. The number of ether oxygens (including phenoxy) is 2. The van der Waals surface area contributed by atoms with Crippen molar-refractivity contribution in [2.75, 3.05) is 71.5 Å². The van der Waals surface area contributed by atoms with Crippen LogP contribution in [0.1, 0.15) is 19.3 Å². The molecule has 2 fully saturated rings. The summed E-state index contributed by atoms with van der Waals surface area (Å²) in [5.41, 5.74) is 1.05. The summed E-state index contributed by atoms with van der Waals surface area (Å²) in [6.07, 6.45) is 3.37. The van der Waals surface area contributed by atoms with Crippen molar-refractivity contribution >= 4 is 23.2 Å². The van der Waals surface area contributed by atoms with Gasteiger partial charge in [-0.25, -0.2) is 0 Å². The lowest BCUT2D eigenvalue weighted by Gasteiger charge is -2.26. The Bertz CT molecular complexity index is 666. The molecule has 1 aromatic carbocycles. The monoisotopic (exact) mass is 423 g/mol. The molecule has 1 atom stereocenters. The molecule has 0 bridgehead atoms. The Labute approximate surface area is 179 Å². The highest BCUT2D eigenvalue weighted by Gasteiger charge is 2.25. The van der Waals surface area contributed by atoms with Crippen LogP contribution in [0.5, 0.6) is 5.75 Å². The van der Waals surface area contributed by atoms with Crippen molar-refractivity contribution in [3.63, 3.8) is 0 Å². The number of nitrogens with zero attached hydrogens (tertiary/aromatic N) is 3. The van der Waals surface area contributed by atoms with Crippen LogP contribution in [0.3, 0.4) is 0 Å². The molecule has 1 aromatic rings. The maximum absolute atomic E-state index is 6.19. The van der Waals surface area contributed by atoms with Gasteiger partial charge < -0.3 is 25.0 Å². The van der Waals surface area contributed by atoms with Crippen molar-refractivity contribution in [1.82, 2.24) is 15.5 Å². The van der Waals surface area contributed by atoms with Gasteiger partial charge in [0.2, 0.25) is 0 Å². The SMILES string of the molecule is CN=C(NCCCCN1CCOCC1)NC1CCN(c2cc(Cl)ccc2OC)C1. The van der Waals surface area contributed by atoms with Gasteiger partial charge in [-0.15, -0.1) is 0 Å². The number of hydrogen-bond donors (Lipinski definition) is 2. The number of nitrogens with one attached hydrogen (secondary N) is 2. The fraction of sp³-hybridized carbons (Fsp3) is 0.667. The van der Waals surface area contributed by atoms with E-state index in [0.29, 0.717) is 6.04 Å². The summed E-state index contributed by atoms with van der Waals surface area (Å²) in [5.74, 6) is 1.74. The lowest BCUT2D eigenvalue weighted by atomic mass is 10.2. The van der Waals surface area contributed by atoms with Gasteiger partial charge in [0.15, 0.2) is 5.96 Å². The second-order valence-corrected chi connectivity index (χ2v) is 7.99. The molecule has 0 saturated carbocycles. The Morgan fingerprint density at radius 3 is 2.86 bits per heavy atom. The minimum absolute atomic E-state index is 0.346. The molecule has 1 unspecified atom stereocenters. The van der Waals surface area contributed by atoms with Gasteiger partial charge in [0, 0.05) is 50.8 Å². The van der Waals surface area contributed by atoms with E-state index in [0.717, 1.165) is 87.7 Å². The molecular weight excluding hydrogens is 390 g/mol. The van der Waals surface area contributed by atoms with E-state index in [-0.39, 0.29) is 0 Å². The van der Waals surface area contributed by atoms with Crippen LogP contribution < -0.4 is 20.3 Å². The van der Waals surface area contributed by atoms with Crippen LogP contribution >= 0.6 is 11.6 Å². The minimum Gasteiger partial charge on any atom is -0.495 e. The third kappa shape index (κ3) is 6.66. The Morgan fingerprint density at radius 1 is 1.28 bits per heavy atom. The highest BCUT2D eigenvalue weighted by atomic mass is 35.5. The molecule has 29 heavy (non-hydrogen) atoms. The van der Waals surface area contributed by atoms with Crippen molar-refractivity contribution in [2.45, 2.75) is 25.3 Å². The number of benzene rings is 1. The quantitative estimate of drug-likeness (QED) is 0.380. The van der Waals surface area contributed by atoms with Gasteiger partial charge in [0.05, 0.1) is 26.0 Å². The summed E-state index contributed by atoms with van der Waals surface area (Å²) < 4.78 is 10.9. The smallest absolute Gasteiger partial charge is 0.191 e.